The number of amides is 1. The molecule has 20 heavy (non-hydrogen) atoms. The highest BCUT2D eigenvalue weighted by atomic mass is 19.1. The maximum Gasteiger partial charge on any atom is 0.257 e. The molecule has 1 heterocycles. The van der Waals surface area contributed by atoms with Gasteiger partial charge in [0.1, 0.15) is 11.6 Å². The average Bonchev–Trinajstić information content (AvgIpc) is 2.41. The van der Waals surface area contributed by atoms with Crippen LogP contribution in [0.1, 0.15) is 37.6 Å². The lowest BCUT2D eigenvalue weighted by atomic mass is 10.1. The number of hydrogen-bond acceptors (Lipinski definition) is 4. The summed E-state index contributed by atoms with van der Waals surface area (Å²) in [6.07, 6.45) is 1.31. The van der Waals surface area contributed by atoms with Crippen LogP contribution in [0.4, 0.5) is 10.2 Å². The number of hydrogen-bond donors (Lipinski definition) is 1. The van der Waals surface area contributed by atoms with Gasteiger partial charge in [0.2, 0.25) is 0 Å². The molecule has 0 atom stereocenters. The third-order valence-corrected chi connectivity index (χ3v) is 2.78. The molecule has 0 spiro atoms. The average molecular weight is 278 g/mol. The van der Waals surface area contributed by atoms with E-state index >= 15 is 0 Å². The van der Waals surface area contributed by atoms with Crippen LogP contribution in [0.3, 0.4) is 0 Å². The minimum atomic E-state index is -0.556. The lowest BCUT2D eigenvalue weighted by Crippen LogP contribution is -2.38. The highest BCUT2D eigenvalue weighted by Gasteiger charge is 2.22. The Morgan fingerprint density at radius 1 is 1.60 bits per heavy atom. The Labute approximate surface area is 118 Å². The second-order valence-electron chi connectivity index (χ2n) is 4.58. The first-order chi connectivity index (χ1) is 9.51. The second kappa shape index (κ2) is 7.43. The number of carbonyl (C=O) groups is 1. The molecule has 0 fully saturated rings. The molecular weight excluding hydrogens is 259 g/mol. The highest BCUT2D eigenvalue weighted by molar-refractivity contribution is 5.98. The van der Waals surface area contributed by atoms with Crippen molar-refractivity contribution in [2.24, 2.45) is 0 Å². The molecule has 108 valence electrons. The first-order valence-corrected chi connectivity index (χ1v) is 6.58. The molecule has 0 aliphatic rings. The van der Waals surface area contributed by atoms with Gasteiger partial charge in [-0.05, 0) is 26.8 Å². The van der Waals surface area contributed by atoms with Crippen LogP contribution in [0.2, 0.25) is 0 Å². The third kappa shape index (κ3) is 3.92. The van der Waals surface area contributed by atoms with Gasteiger partial charge in [0.15, 0.2) is 0 Å². The van der Waals surface area contributed by atoms with Gasteiger partial charge < -0.3 is 10.2 Å². The van der Waals surface area contributed by atoms with E-state index in [1.165, 1.54) is 6.07 Å². The zero-order chi connectivity index (χ0) is 15.1. The fourth-order valence-corrected chi connectivity index (χ4v) is 1.83. The van der Waals surface area contributed by atoms with E-state index in [0.29, 0.717) is 18.9 Å². The maximum atomic E-state index is 13.4. The molecule has 1 aromatic heterocycles. The number of nitriles is 1. The van der Waals surface area contributed by atoms with Gasteiger partial charge in [-0.1, -0.05) is 0 Å². The van der Waals surface area contributed by atoms with Gasteiger partial charge in [0.25, 0.3) is 5.91 Å². The third-order valence-electron chi connectivity index (χ3n) is 2.78. The Morgan fingerprint density at radius 2 is 2.30 bits per heavy atom. The normalized spacial score (nSPS) is 10.2. The number of rotatable bonds is 6. The van der Waals surface area contributed by atoms with E-state index in [1.807, 2.05) is 26.8 Å². The molecule has 1 amide bonds. The van der Waals surface area contributed by atoms with Crippen molar-refractivity contribution in [2.45, 2.75) is 33.2 Å². The minimum absolute atomic E-state index is 0.0754. The highest BCUT2D eigenvalue weighted by Crippen LogP contribution is 2.17. The number of anilines is 1. The monoisotopic (exact) mass is 278 g/mol. The molecule has 0 radical (unpaired) electrons. The molecular formula is C14H19FN4O. The summed E-state index contributed by atoms with van der Waals surface area (Å²) < 4.78 is 13.4. The van der Waals surface area contributed by atoms with Crippen molar-refractivity contribution < 1.29 is 9.18 Å². The van der Waals surface area contributed by atoms with Crippen molar-refractivity contribution >= 4 is 11.7 Å². The molecule has 0 bridgehead atoms. The van der Waals surface area contributed by atoms with Crippen LogP contribution in [-0.4, -0.2) is 34.9 Å². The zero-order valence-corrected chi connectivity index (χ0v) is 12.0. The summed E-state index contributed by atoms with van der Waals surface area (Å²) in [5.74, 6) is -0.515. The smallest absolute Gasteiger partial charge is 0.257 e. The Balaban J connectivity index is 3.10. The molecule has 1 aromatic rings. The minimum Gasteiger partial charge on any atom is -0.370 e. The van der Waals surface area contributed by atoms with E-state index in [4.69, 9.17) is 5.26 Å². The molecule has 0 saturated carbocycles. The summed E-state index contributed by atoms with van der Waals surface area (Å²) >= 11 is 0. The zero-order valence-electron chi connectivity index (χ0n) is 12.0. The SMILES string of the molecule is CCNc1ncc(F)cc1C(=O)N(CCC#N)C(C)C. The molecule has 0 aliphatic carbocycles. The van der Waals surface area contributed by atoms with E-state index in [2.05, 4.69) is 10.3 Å². The molecule has 1 rings (SSSR count). The molecule has 0 aliphatic heterocycles. The topological polar surface area (TPSA) is 69.0 Å². The lowest BCUT2D eigenvalue weighted by Gasteiger charge is -2.26. The number of aromatic nitrogens is 1. The van der Waals surface area contributed by atoms with E-state index < -0.39 is 5.82 Å². The van der Waals surface area contributed by atoms with Crippen LogP contribution in [-0.2, 0) is 0 Å². The largest absolute Gasteiger partial charge is 0.370 e. The van der Waals surface area contributed by atoms with Crippen LogP contribution in [0.5, 0.6) is 0 Å². The van der Waals surface area contributed by atoms with Crippen LogP contribution >= 0.6 is 0 Å². The summed E-state index contributed by atoms with van der Waals surface area (Å²) in [7, 11) is 0. The van der Waals surface area contributed by atoms with E-state index in [-0.39, 0.29) is 23.9 Å². The van der Waals surface area contributed by atoms with Crippen molar-refractivity contribution in [1.29, 1.82) is 5.26 Å². The number of carbonyl (C=O) groups excluding carboxylic acids is 1. The number of nitrogens with zero attached hydrogens (tertiary/aromatic N) is 3. The second-order valence-corrected chi connectivity index (χ2v) is 4.58. The van der Waals surface area contributed by atoms with Crippen LogP contribution in [0, 0.1) is 17.1 Å². The maximum absolute atomic E-state index is 13.4. The van der Waals surface area contributed by atoms with Crippen molar-refractivity contribution in [1.82, 2.24) is 9.88 Å². The van der Waals surface area contributed by atoms with Crippen molar-refractivity contribution in [3.05, 3.63) is 23.6 Å². The van der Waals surface area contributed by atoms with Gasteiger partial charge in [-0.15, -0.1) is 0 Å². The van der Waals surface area contributed by atoms with Crippen molar-refractivity contribution in [2.75, 3.05) is 18.4 Å². The van der Waals surface area contributed by atoms with Gasteiger partial charge in [-0.2, -0.15) is 5.26 Å². The summed E-state index contributed by atoms with van der Waals surface area (Å²) in [6, 6.07) is 3.11. The lowest BCUT2D eigenvalue weighted by molar-refractivity contribution is 0.0710. The number of pyridine rings is 1. The van der Waals surface area contributed by atoms with Gasteiger partial charge in [-0.3, -0.25) is 4.79 Å². The Kier molecular flexibility index (Phi) is 5.91. The summed E-state index contributed by atoms with van der Waals surface area (Å²) in [6.45, 7) is 6.48. The molecule has 0 aromatic carbocycles. The van der Waals surface area contributed by atoms with Gasteiger partial charge in [0.05, 0.1) is 24.3 Å². The number of halogens is 1. The quantitative estimate of drug-likeness (QED) is 0.867. The fraction of sp³-hybridized carbons (Fsp3) is 0.500. The predicted molar refractivity (Wildman–Crippen MR) is 74.8 cm³/mol. The molecule has 0 saturated heterocycles. The van der Waals surface area contributed by atoms with E-state index in [1.54, 1.807) is 4.90 Å². The van der Waals surface area contributed by atoms with Crippen molar-refractivity contribution in [3.8, 4) is 6.07 Å². The first kappa shape index (κ1) is 15.9. The Morgan fingerprint density at radius 3 is 2.85 bits per heavy atom. The van der Waals surface area contributed by atoms with E-state index in [9.17, 15) is 9.18 Å². The summed E-state index contributed by atoms with van der Waals surface area (Å²) in [5, 5.41) is 11.6. The fourth-order valence-electron chi connectivity index (χ4n) is 1.83. The number of nitrogens with one attached hydrogen (secondary N) is 1. The van der Waals surface area contributed by atoms with Gasteiger partial charge in [-0.25, -0.2) is 9.37 Å². The summed E-state index contributed by atoms with van der Waals surface area (Å²) in [5.41, 5.74) is 0.193. The van der Waals surface area contributed by atoms with Crippen LogP contribution < -0.4 is 5.32 Å². The Bertz CT molecular complexity index is 510. The van der Waals surface area contributed by atoms with Crippen molar-refractivity contribution in [3.63, 3.8) is 0 Å². The first-order valence-electron chi connectivity index (χ1n) is 6.58. The molecule has 0 unspecified atom stereocenters. The van der Waals surface area contributed by atoms with Gasteiger partial charge in [0, 0.05) is 19.1 Å². The summed E-state index contributed by atoms with van der Waals surface area (Å²) in [4.78, 5) is 18.0. The molecule has 5 nitrogen and oxygen atoms in total. The van der Waals surface area contributed by atoms with Crippen LogP contribution in [0.25, 0.3) is 0 Å². The standard InChI is InChI=1S/C14H19FN4O/c1-4-17-13-12(8-11(15)9-18-13)14(20)19(10(2)3)7-5-6-16/h8-10H,4-5,7H2,1-3H3,(H,17,18). The van der Waals surface area contributed by atoms with E-state index in [0.717, 1.165) is 6.20 Å². The Hall–Kier alpha value is -2.16. The molecule has 1 N–H and O–H groups in total. The van der Waals surface area contributed by atoms with Gasteiger partial charge >= 0.3 is 0 Å². The molecule has 6 heteroatoms. The predicted octanol–water partition coefficient (Wildman–Crippen LogP) is 2.42. The van der Waals surface area contributed by atoms with Crippen LogP contribution in [0.15, 0.2) is 12.3 Å².